The molecule has 0 radical (unpaired) electrons. The standard InChI is InChI=1S/C13H16N2OS/c1-16-7-6-10-2-4-11(5-3-10)12-9-17-13(8-14)15-12/h2-5,9H,6-8,14H2,1H3. The minimum absolute atomic E-state index is 0.511. The largest absolute Gasteiger partial charge is 0.384 e. The van der Waals surface area contributed by atoms with Crippen LogP contribution in [0.2, 0.25) is 0 Å². The molecular weight excluding hydrogens is 232 g/mol. The first-order valence-electron chi connectivity index (χ1n) is 5.56. The van der Waals surface area contributed by atoms with Gasteiger partial charge < -0.3 is 10.5 Å². The van der Waals surface area contributed by atoms with Crippen molar-refractivity contribution in [1.29, 1.82) is 0 Å². The number of hydrogen-bond donors (Lipinski definition) is 1. The molecule has 0 bridgehead atoms. The van der Waals surface area contributed by atoms with Crippen molar-refractivity contribution in [2.45, 2.75) is 13.0 Å². The Balaban J connectivity index is 2.11. The van der Waals surface area contributed by atoms with Gasteiger partial charge in [0.25, 0.3) is 0 Å². The summed E-state index contributed by atoms with van der Waals surface area (Å²) >= 11 is 1.61. The van der Waals surface area contributed by atoms with Crippen molar-refractivity contribution in [2.75, 3.05) is 13.7 Å². The number of rotatable bonds is 5. The highest BCUT2D eigenvalue weighted by atomic mass is 32.1. The fraction of sp³-hybridized carbons (Fsp3) is 0.308. The van der Waals surface area contributed by atoms with Gasteiger partial charge >= 0.3 is 0 Å². The van der Waals surface area contributed by atoms with Crippen molar-refractivity contribution in [3.63, 3.8) is 0 Å². The van der Waals surface area contributed by atoms with Crippen LogP contribution in [0.5, 0.6) is 0 Å². The zero-order chi connectivity index (χ0) is 12.1. The van der Waals surface area contributed by atoms with Gasteiger partial charge in [-0.05, 0) is 12.0 Å². The van der Waals surface area contributed by atoms with Crippen molar-refractivity contribution < 1.29 is 4.74 Å². The minimum atomic E-state index is 0.511. The number of methoxy groups -OCH3 is 1. The minimum Gasteiger partial charge on any atom is -0.384 e. The van der Waals surface area contributed by atoms with Gasteiger partial charge in [-0.3, -0.25) is 0 Å². The van der Waals surface area contributed by atoms with E-state index in [2.05, 4.69) is 29.2 Å². The van der Waals surface area contributed by atoms with Crippen LogP contribution < -0.4 is 5.73 Å². The molecule has 2 N–H and O–H groups in total. The number of thiazole rings is 1. The molecule has 0 unspecified atom stereocenters. The van der Waals surface area contributed by atoms with Crippen molar-refractivity contribution in [3.05, 3.63) is 40.2 Å². The Kier molecular flexibility index (Phi) is 4.25. The molecule has 0 spiro atoms. The Labute approximate surface area is 105 Å². The number of ether oxygens (including phenoxy) is 1. The normalized spacial score (nSPS) is 10.7. The molecule has 0 saturated heterocycles. The summed E-state index contributed by atoms with van der Waals surface area (Å²) in [5.41, 5.74) is 8.99. The maximum atomic E-state index is 5.55. The van der Waals surface area contributed by atoms with Crippen molar-refractivity contribution >= 4 is 11.3 Å². The first kappa shape index (κ1) is 12.2. The third kappa shape index (κ3) is 3.12. The summed E-state index contributed by atoms with van der Waals surface area (Å²) < 4.78 is 5.05. The van der Waals surface area contributed by atoms with Crippen molar-refractivity contribution in [2.24, 2.45) is 5.73 Å². The van der Waals surface area contributed by atoms with Crippen molar-refractivity contribution in [3.8, 4) is 11.3 Å². The van der Waals surface area contributed by atoms with Crippen molar-refractivity contribution in [1.82, 2.24) is 4.98 Å². The van der Waals surface area contributed by atoms with E-state index in [1.807, 2.05) is 5.38 Å². The maximum absolute atomic E-state index is 5.55. The lowest BCUT2D eigenvalue weighted by Gasteiger charge is -2.01. The average molecular weight is 248 g/mol. The third-order valence-electron chi connectivity index (χ3n) is 2.57. The van der Waals surface area contributed by atoms with E-state index in [-0.39, 0.29) is 0 Å². The maximum Gasteiger partial charge on any atom is 0.107 e. The van der Waals surface area contributed by atoms with Gasteiger partial charge in [-0.25, -0.2) is 4.98 Å². The van der Waals surface area contributed by atoms with Gasteiger partial charge in [-0.15, -0.1) is 11.3 Å². The van der Waals surface area contributed by atoms with Gasteiger partial charge in [0.15, 0.2) is 0 Å². The summed E-state index contributed by atoms with van der Waals surface area (Å²) in [5, 5.41) is 3.02. The molecule has 0 atom stereocenters. The van der Waals surface area contributed by atoms with Crippen LogP contribution >= 0.6 is 11.3 Å². The average Bonchev–Trinajstić information content (AvgIpc) is 2.86. The predicted molar refractivity (Wildman–Crippen MR) is 71.0 cm³/mol. The quantitative estimate of drug-likeness (QED) is 0.884. The van der Waals surface area contributed by atoms with Gasteiger partial charge in [-0.1, -0.05) is 24.3 Å². The lowest BCUT2D eigenvalue weighted by Crippen LogP contribution is -1.95. The molecule has 3 nitrogen and oxygen atoms in total. The Morgan fingerprint density at radius 1 is 1.29 bits per heavy atom. The molecule has 4 heteroatoms. The smallest absolute Gasteiger partial charge is 0.107 e. The molecule has 1 aromatic heterocycles. The Morgan fingerprint density at radius 2 is 2.06 bits per heavy atom. The molecule has 0 aliphatic heterocycles. The van der Waals surface area contributed by atoms with Gasteiger partial charge in [0.05, 0.1) is 12.3 Å². The second-order valence-electron chi connectivity index (χ2n) is 3.77. The Morgan fingerprint density at radius 3 is 2.65 bits per heavy atom. The summed E-state index contributed by atoms with van der Waals surface area (Å²) in [4.78, 5) is 4.46. The number of nitrogens with two attached hydrogens (primary N) is 1. The lowest BCUT2D eigenvalue weighted by atomic mass is 10.1. The summed E-state index contributed by atoms with van der Waals surface area (Å²) in [7, 11) is 1.72. The molecule has 1 heterocycles. The van der Waals surface area contributed by atoms with Gasteiger partial charge in [-0.2, -0.15) is 0 Å². The number of aromatic nitrogens is 1. The van der Waals surface area contributed by atoms with Gasteiger partial charge in [0, 0.05) is 24.6 Å². The van der Waals surface area contributed by atoms with E-state index in [1.54, 1.807) is 18.4 Å². The molecule has 2 aromatic rings. The highest BCUT2D eigenvalue weighted by Crippen LogP contribution is 2.22. The fourth-order valence-electron chi connectivity index (χ4n) is 1.60. The van der Waals surface area contributed by atoms with E-state index in [1.165, 1.54) is 5.56 Å². The Bertz CT molecular complexity index is 465. The predicted octanol–water partition coefficient (Wildman–Crippen LogP) is 2.46. The first-order valence-corrected chi connectivity index (χ1v) is 6.44. The lowest BCUT2D eigenvalue weighted by molar-refractivity contribution is 0.202. The molecule has 2 rings (SSSR count). The summed E-state index contributed by atoms with van der Waals surface area (Å²) in [6.45, 7) is 1.27. The van der Waals surface area contributed by atoms with Crippen LogP contribution in [0, 0.1) is 0 Å². The summed E-state index contributed by atoms with van der Waals surface area (Å²) in [6.07, 6.45) is 0.946. The molecule has 0 fully saturated rings. The van der Waals surface area contributed by atoms with Crippen LogP contribution in [0.1, 0.15) is 10.6 Å². The SMILES string of the molecule is COCCc1ccc(-c2csc(CN)n2)cc1. The molecule has 90 valence electrons. The fourth-order valence-corrected chi connectivity index (χ4v) is 2.28. The molecule has 17 heavy (non-hydrogen) atoms. The summed E-state index contributed by atoms with van der Waals surface area (Å²) in [5.74, 6) is 0. The van der Waals surface area contributed by atoms with Gasteiger partial charge in [0.2, 0.25) is 0 Å². The third-order valence-corrected chi connectivity index (χ3v) is 3.44. The van der Waals surface area contributed by atoms with Crippen LogP contribution in [0.25, 0.3) is 11.3 Å². The monoisotopic (exact) mass is 248 g/mol. The first-order chi connectivity index (χ1) is 8.33. The van der Waals surface area contributed by atoms with E-state index in [4.69, 9.17) is 10.5 Å². The summed E-state index contributed by atoms with van der Waals surface area (Å²) in [6, 6.07) is 8.44. The van der Waals surface area contributed by atoms with Crippen LogP contribution in [-0.2, 0) is 17.7 Å². The van der Waals surface area contributed by atoms with E-state index in [0.29, 0.717) is 6.54 Å². The Hall–Kier alpha value is -1.23. The number of nitrogens with zero attached hydrogens (tertiary/aromatic N) is 1. The molecule has 0 amide bonds. The van der Waals surface area contributed by atoms with Crippen LogP contribution in [0.4, 0.5) is 0 Å². The van der Waals surface area contributed by atoms with Crippen LogP contribution in [0.3, 0.4) is 0 Å². The zero-order valence-corrected chi connectivity index (χ0v) is 10.7. The van der Waals surface area contributed by atoms with E-state index >= 15 is 0 Å². The second-order valence-corrected chi connectivity index (χ2v) is 4.71. The highest BCUT2D eigenvalue weighted by molar-refractivity contribution is 7.09. The van der Waals surface area contributed by atoms with Gasteiger partial charge in [0.1, 0.15) is 5.01 Å². The van der Waals surface area contributed by atoms with E-state index < -0.39 is 0 Å². The number of hydrogen-bond acceptors (Lipinski definition) is 4. The second kappa shape index (κ2) is 5.91. The molecular formula is C13H16N2OS. The molecule has 1 aromatic carbocycles. The van der Waals surface area contributed by atoms with E-state index in [9.17, 15) is 0 Å². The van der Waals surface area contributed by atoms with Crippen LogP contribution in [0.15, 0.2) is 29.6 Å². The zero-order valence-electron chi connectivity index (χ0n) is 9.85. The molecule has 0 aliphatic rings. The van der Waals surface area contributed by atoms with Crippen LogP contribution in [-0.4, -0.2) is 18.7 Å². The highest BCUT2D eigenvalue weighted by Gasteiger charge is 2.03. The molecule has 0 aliphatic carbocycles. The number of benzene rings is 1. The topological polar surface area (TPSA) is 48.1 Å². The molecule has 0 saturated carbocycles. The van der Waals surface area contributed by atoms with E-state index in [0.717, 1.165) is 29.3 Å².